The predicted octanol–water partition coefficient (Wildman–Crippen LogP) is 1.83. The second-order valence-corrected chi connectivity index (χ2v) is 5.40. The third-order valence-electron chi connectivity index (χ3n) is 3.47. The van der Waals surface area contributed by atoms with Crippen LogP contribution in [-0.4, -0.2) is 41.8 Å². The van der Waals surface area contributed by atoms with E-state index >= 15 is 0 Å². The first-order valence-electron chi connectivity index (χ1n) is 6.77. The van der Waals surface area contributed by atoms with Gasteiger partial charge in [0.1, 0.15) is 5.76 Å². The molecular formula is C13H22N4O2. The Morgan fingerprint density at radius 1 is 1.63 bits per heavy atom. The number of urea groups is 1. The van der Waals surface area contributed by atoms with Gasteiger partial charge in [-0.05, 0) is 39.7 Å². The van der Waals surface area contributed by atoms with Gasteiger partial charge in [-0.2, -0.15) is 0 Å². The number of likely N-dealkylation sites (tertiary alicyclic amines) is 1. The van der Waals surface area contributed by atoms with Crippen LogP contribution in [-0.2, 0) is 0 Å². The van der Waals surface area contributed by atoms with Crippen molar-refractivity contribution in [2.24, 2.45) is 5.92 Å². The molecule has 0 saturated carbocycles. The number of aryl methyl sites for hydroxylation is 1. The molecule has 1 aliphatic heterocycles. The average molecular weight is 266 g/mol. The summed E-state index contributed by atoms with van der Waals surface area (Å²) >= 11 is 0. The molecule has 19 heavy (non-hydrogen) atoms. The summed E-state index contributed by atoms with van der Waals surface area (Å²) in [6, 6.07) is 2.04. The first-order valence-corrected chi connectivity index (χ1v) is 6.77. The zero-order chi connectivity index (χ0) is 13.8. The van der Waals surface area contributed by atoms with Crippen molar-refractivity contribution in [2.45, 2.75) is 33.2 Å². The highest BCUT2D eigenvalue weighted by Gasteiger charge is 2.24. The number of rotatable bonds is 4. The van der Waals surface area contributed by atoms with E-state index in [0.717, 1.165) is 19.5 Å². The van der Waals surface area contributed by atoms with Crippen molar-refractivity contribution < 1.29 is 9.32 Å². The van der Waals surface area contributed by atoms with E-state index in [-0.39, 0.29) is 6.03 Å². The molecule has 0 bridgehead atoms. The van der Waals surface area contributed by atoms with Gasteiger partial charge in [-0.15, -0.1) is 0 Å². The molecule has 2 N–H and O–H groups in total. The van der Waals surface area contributed by atoms with Crippen LogP contribution in [0.15, 0.2) is 10.6 Å². The molecule has 1 aromatic heterocycles. The van der Waals surface area contributed by atoms with Crippen molar-refractivity contribution in [3.05, 3.63) is 11.8 Å². The number of carbonyl (C=O) groups excluding carboxylic acids is 1. The Bertz CT molecular complexity index is 430. The van der Waals surface area contributed by atoms with E-state index in [1.54, 1.807) is 13.0 Å². The maximum absolute atomic E-state index is 11.7. The highest BCUT2D eigenvalue weighted by molar-refractivity contribution is 5.88. The third kappa shape index (κ3) is 3.96. The summed E-state index contributed by atoms with van der Waals surface area (Å²) in [6.07, 6.45) is 1.14. The third-order valence-corrected chi connectivity index (χ3v) is 3.47. The van der Waals surface area contributed by atoms with E-state index in [9.17, 15) is 4.79 Å². The number of nitrogens with one attached hydrogen (secondary N) is 2. The van der Waals surface area contributed by atoms with E-state index in [1.807, 2.05) is 0 Å². The van der Waals surface area contributed by atoms with Crippen molar-refractivity contribution in [1.29, 1.82) is 0 Å². The monoisotopic (exact) mass is 266 g/mol. The number of carbonyl (C=O) groups is 1. The lowest BCUT2D eigenvalue weighted by Gasteiger charge is -2.20. The summed E-state index contributed by atoms with van der Waals surface area (Å²) in [7, 11) is 0. The maximum Gasteiger partial charge on any atom is 0.320 e. The largest absolute Gasteiger partial charge is 0.360 e. The van der Waals surface area contributed by atoms with Crippen molar-refractivity contribution in [2.75, 3.05) is 25.0 Å². The predicted molar refractivity (Wildman–Crippen MR) is 73.1 cm³/mol. The number of aromatic nitrogens is 1. The van der Waals surface area contributed by atoms with Crippen LogP contribution >= 0.6 is 0 Å². The molecule has 1 saturated heterocycles. The zero-order valence-corrected chi connectivity index (χ0v) is 11.8. The van der Waals surface area contributed by atoms with Gasteiger partial charge in [0.05, 0.1) is 0 Å². The number of anilines is 1. The maximum atomic E-state index is 11.7. The molecule has 1 atom stereocenters. The first kappa shape index (κ1) is 13.9. The van der Waals surface area contributed by atoms with Gasteiger partial charge in [0.25, 0.3) is 0 Å². The van der Waals surface area contributed by atoms with Gasteiger partial charge in [0, 0.05) is 25.2 Å². The summed E-state index contributed by atoms with van der Waals surface area (Å²) in [5, 5.41) is 9.25. The first-order chi connectivity index (χ1) is 9.04. The van der Waals surface area contributed by atoms with Gasteiger partial charge in [-0.3, -0.25) is 5.32 Å². The summed E-state index contributed by atoms with van der Waals surface area (Å²) < 4.78 is 4.88. The Kier molecular flexibility index (Phi) is 4.42. The SMILES string of the molecule is Cc1cc(NC(=O)NC[C@H]2CCN(C(C)C)C2)no1. The molecule has 0 radical (unpaired) electrons. The Morgan fingerprint density at radius 3 is 3.00 bits per heavy atom. The molecule has 0 spiro atoms. The van der Waals surface area contributed by atoms with Crippen molar-refractivity contribution in [3.8, 4) is 0 Å². The smallest absolute Gasteiger partial charge is 0.320 e. The molecular weight excluding hydrogens is 244 g/mol. The van der Waals surface area contributed by atoms with Gasteiger partial charge in [0.2, 0.25) is 0 Å². The lowest BCUT2D eigenvalue weighted by atomic mass is 10.1. The van der Waals surface area contributed by atoms with Crippen molar-refractivity contribution in [3.63, 3.8) is 0 Å². The summed E-state index contributed by atoms with van der Waals surface area (Å²) in [5.41, 5.74) is 0. The van der Waals surface area contributed by atoms with E-state index in [1.165, 1.54) is 0 Å². The Hall–Kier alpha value is -1.56. The topological polar surface area (TPSA) is 70.4 Å². The minimum atomic E-state index is -0.226. The summed E-state index contributed by atoms with van der Waals surface area (Å²) in [5.74, 6) is 1.66. The van der Waals surface area contributed by atoms with Crippen LogP contribution in [0.1, 0.15) is 26.0 Å². The van der Waals surface area contributed by atoms with E-state index in [4.69, 9.17) is 4.52 Å². The molecule has 1 fully saturated rings. The van der Waals surface area contributed by atoms with E-state index in [0.29, 0.717) is 30.1 Å². The lowest BCUT2D eigenvalue weighted by molar-refractivity contribution is 0.247. The fraction of sp³-hybridized carbons (Fsp3) is 0.692. The lowest BCUT2D eigenvalue weighted by Crippen LogP contribution is -2.35. The van der Waals surface area contributed by atoms with Crippen LogP contribution in [0.5, 0.6) is 0 Å². The van der Waals surface area contributed by atoms with Crippen LogP contribution in [0.2, 0.25) is 0 Å². The highest BCUT2D eigenvalue weighted by Crippen LogP contribution is 2.17. The zero-order valence-electron chi connectivity index (χ0n) is 11.8. The van der Waals surface area contributed by atoms with E-state index < -0.39 is 0 Å². The fourth-order valence-corrected chi connectivity index (χ4v) is 2.32. The minimum Gasteiger partial charge on any atom is -0.360 e. The van der Waals surface area contributed by atoms with Gasteiger partial charge in [-0.25, -0.2) is 4.79 Å². The van der Waals surface area contributed by atoms with Gasteiger partial charge >= 0.3 is 6.03 Å². The molecule has 106 valence electrons. The molecule has 1 aliphatic rings. The molecule has 2 rings (SSSR count). The summed E-state index contributed by atoms with van der Waals surface area (Å²) in [4.78, 5) is 14.1. The molecule has 6 nitrogen and oxygen atoms in total. The van der Waals surface area contributed by atoms with Crippen LogP contribution in [0.25, 0.3) is 0 Å². The van der Waals surface area contributed by atoms with Crippen LogP contribution in [0, 0.1) is 12.8 Å². The second kappa shape index (κ2) is 6.06. The van der Waals surface area contributed by atoms with Gasteiger partial charge in [-0.1, -0.05) is 5.16 Å². The molecule has 6 heteroatoms. The molecule has 1 aromatic rings. The van der Waals surface area contributed by atoms with E-state index in [2.05, 4.69) is 34.5 Å². The Morgan fingerprint density at radius 2 is 2.42 bits per heavy atom. The number of nitrogens with zero attached hydrogens (tertiary/aromatic N) is 2. The van der Waals surface area contributed by atoms with Crippen LogP contribution in [0.3, 0.4) is 0 Å². The number of hydrogen-bond donors (Lipinski definition) is 2. The second-order valence-electron chi connectivity index (χ2n) is 5.40. The summed E-state index contributed by atoms with van der Waals surface area (Å²) in [6.45, 7) is 9.07. The van der Waals surface area contributed by atoms with Crippen LogP contribution in [0.4, 0.5) is 10.6 Å². The average Bonchev–Trinajstić information content (AvgIpc) is 2.96. The molecule has 2 amide bonds. The van der Waals surface area contributed by atoms with Crippen molar-refractivity contribution in [1.82, 2.24) is 15.4 Å². The highest BCUT2D eigenvalue weighted by atomic mass is 16.5. The van der Waals surface area contributed by atoms with Crippen molar-refractivity contribution >= 4 is 11.8 Å². The molecule has 0 aromatic carbocycles. The standard InChI is InChI=1S/C13H22N4O2/c1-9(2)17-5-4-11(8-17)7-14-13(18)15-12-6-10(3)19-16-12/h6,9,11H,4-5,7-8H2,1-3H3,(H2,14,15,16,18)/t11-/m1/s1. The Labute approximate surface area is 113 Å². The number of hydrogen-bond acceptors (Lipinski definition) is 4. The number of amides is 2. The van der Waals surface area contributed by atoms with Gasteiger partial charge < -0.3 is 14.7 Å². The van der Waals surface area contributed by atoms with Gasteiger partial charge in [0.15, 0.2) is 5.82 Å². The molecule has 0 unspecified atom stereocenters. The quantitative estimate of drug-likeness (QED) is 0.872. The Balaban J connectivity index is 1.70. The minimum absolute atomic E-state index is 0.226. The fourth-order valence-electron chi connectivity index (χ4n) is 2.32. The normalized spacial score (nSPS) is 19.9. The van der Waals surface area contributed by atoms with Crippen LogP contribution < -0.4 is 10.6 Å². The molecule has 2 heterocycles. The molecule has 0 aliphatic carbocycles.